The normalized spacial score (nSPS) is 22.4. The molecule has 1 saturated carbocycles. The van der Waals surface area contributed by atoms with Gasteiger partial charge in [-0.25, -0.2) is 0 Å². The number of hydrogen-bond acceptors (Lipinski definition) is 2. The molecule has 116 valence electrons. The number of ether oxygens (including phenoxy) is 1. The fraction of sp³-hybridized carbons (Fsp3) is 0.833. The van der Waals surface area contributed by atoms with Gasteiger partial charge in [0, 0.05) is 0 Å². The van der Waals surface area contributed by atoms with Gasteiger partial charge in [0.25, 0.3) is 0 Å². The fourth-order valence-electron chi connectivity index (χ4n) is 3.16. The number of hydrogen-bond donors (Lipinski definition) is 0. The second kappa shape index (κ2) is 10.9. The maximum absolute atomic E-state index is 11.8. The van der Waals surface area contributed by atoms with Crippen molar-refractivity contribution >= 4 is 5.97 Å². The van der Waals surface area contributed by atoms with Gasteiger partial charge >= 0.3 is 5.97 Å². The molecular weight excluding hydrogens is 248 g/mol. The van der Waals surface area contributed by atoms with E-state index in [-0.39, 0.29) is 11.9 Å². The first-order valence-corrected chi connectivity index (χ1v) is 8.55. The predicted octanol–water partition coefficient (Wildman–Crippen LogP) is 5.27. The summed E-state index contributed by atoms with van der Waals surface area (Å²) in [6.07, 6.45) is 15.8. The first-order valence-electron chi connectivity index (χ1n) is 8.55. The van der Waals surface area contributed by atoms with Crippen LogP contribution in [0.5, 0.6) is 0 Å². The number of esters is 1. The summed E-state index contributed by atoms with van der Waals surface area (Å²) in [5.41, 5.74) is 0. The molecule has 0 heterocycles. The molecule has 2 heteroatoms. The van der Waals surface area contributed by atoms with Crippen molar-refractivity contribution < 1.29 is 9.53 Å². The third kappa shape index (κ3) is 7.12. The molecule has 0 bridgehead atoms. The van der Waals surface area contributed by atoms with Crippen LogP contribution in [0.15, 0.2) is 12.7 Å². The van der Waals surface area contributed by atoms with E-state index in [0.717, 1.165) is 18.8 Å². The lowest BCUT2D eigenvalue weighted by atomic mass is 9.80. The SMILES string of the molecule is C=CCOC(=O)C1CCC(CCCCCCCC)CC1. The molecule has 0 aromatic rings. The number of unbranched alkanes of at least 4 members (excludes halogenated alkanes) is 5. The predicted molar refractivity (Wildman–Crippen MR) is 84.6 cm³/mol. The smallest absolute Gasteiger partial charge is 0.309 e. The van der Waals surface area contributed by atoms with Crippen molar-refractivity contribution in [1.29, 1.82) is 0 Å². The van der Waals surface area contributed by atoms with Crippen molar-refractivity contribution in [2.75, 3.05) is 6.61 Å². The van der Waals surface area contributed by atoms with Crippen LogP contribution in [0.1, 0.15) is 77.6 Å². The average molecular weight is 280 g/mol. The van der Waals surface area contributed by atoms with Crippen LogP contribution < -0.4 is 0 Å². The van der Waals surface area contributed by atoms with Gasteiger partial charge in [-0.05, 0) is 31.6 Å². The Balaban J connectivity index is 2.04. The molecule has 1 rings (SSSR count). The van der Waals surface area contributed by atoms with Gasteiger partial charge in [0.1, 0.15) is 6.61 Å². The standard InChI is InChI=1S/C18H32O2/c1-3-5-6-7-8-9-10-16-11-13-17(14-12-16)18(19)20-15-4-2/h4,16-17H,2-3,5-15H2,1H3. The quantitative estimate of drug-likeness (QED) is 0.309. The van der Waals surface area contributed by atoms with Gasteiger partial charge in [0.15, 0.2) is 0 Å². The van der Waals surface area contributed by atoms with Crippen molar-refractivity contribution in [2.45, 2.75) is 77.6 Å². The van der Waals surface area contributed by atoms with Gasteiger partial charge in [-0.15, -0.1) is 0 Å². The van der Waals surface area contributed by atoms with Crippen LogP contribution in [0, 0.1) is 11.8 Å². The summed E-state index contributed by atoms with van der Waals surface area (Å²) in [5, 5.41) is 0. The minimum Gasteiger partial charge on any atom is -0.461 e. The molecule has 0 aromatic carbocycles. The van der Waals surface area contributed by atoms with Gasteiger partial charge < -0.3 is 4.74 Å². The largest absolute Gasteiger partial charge is 0.461 e. The molecule has 0 aliphatic heterocycles. The lowest BCUT2D eigenvalue weighted by molar-refractivity contribution is -0.148. The Morgan fingerprint density at radius 1 is 1.10 bits per heavy atom. The molecule has 0 unspecified atom stereocenters. The van der Waals surface area contributed by atoms with E-state index in [1.807, 2.05) is 0 Å². The van der Waals surface area contributed by atoms with Crippen molar-refractivity contribution in [3.05, 3.63) is 12.7 Å². The van der Waals surface area contributed by atoms with Crippen molar-refractivity contribution in [2.24, 2.45) is 11.8 Å². The second-order valence-corrected chi connectivity index (χ2v) is 6.19. The molecular formula is C18H32O2. The summed E-state index contributed by atoms with van der Waals surface area (Å²) < 4.78 is 5.14. The van der Waals surface area contributed by atoms with Gasteiger partial charge in [-0.3, -0.25) is 4.79 Å². The van der Waals surface area contributed by atoms with Gasteiger partial charge in [-0.1, -0.05) is 64.5 Å². The van der Waals surface area contributed by atoms with E-state index in [4.69, 9.17) is 4.74 Å². The van der Waals surface area contributed by atoms with Crippen molar-refractivity contribution in [3.63, 3.8) is 0 Å². The Bertz CT molecular complexity index is 265. The molecule has 0 aromatic heterocycles. The summed E-state index contributed by atoms with van der Waals surface area (Å²) in [7, 11) is 0. The van der Waals surface area contributed by atoms with E-state index in [1.165, 1.54) is 57.8 Å². The van der Waals surface area contributed by atoms with Crippen LogP contribution in [-0.2, 0) is 9.53 Å². The molecule has 1 fully saturated rings. The van der Waals surface area contributed by atoms with E-state index >= 15 is 0 Å². The van der Waals surface area contributed by atoms with Crippen LogP contribution in [0.3, 0.4) is 0 Å². The summed E-state index contributed by atoms with van der Waals surface area (Å²) in [6.45, 7) is 6.19. The van der Waals surface area contributed by atoms with Crippen LogP contribution in [0.25, 0.3) is 0 Å². The lowest BCUT2D eigenvalue weighted by Crippen LogP contribution is -2.23. The zero-order valence-corrected chi connectivity index (χ0v) is 13.2. The van der Waals surface area contributed by atoms with E-state index in [2.05, 4.69) is 13.5 Å². The average Bonchev–Trinajstić information content (AvgIpc) is 2.49. The zero-order chi connectivity index (χ0) is 14.6. The second-order valence-electron chi connectivity index (χ2n) is 6.19. The molecule has 0 N–H and O–H groups in total. The molecule has 20 heavy (non-hydrogen) atoms. The summed E-state index contributed by atoms with van der Waals surface area (Å²) in [4.78, 5) is 11.8. The van der Waals surface area contributed by atoms with Gasteiger partial charge in [0.05, 0.1) is 5.92 Å². The van der Waals surface area contributed by atoms with E-state index in [0.29, 0.717) is 6.61 Å². The molecule has 0 spiro atoms. The van der Waals surface area contributed by atoms with E-state index in [1.54, 1.807) is 6.08 Å². The van der Waals surface area contributed by atoms with Gasteiger partial charge in [0.2, 0.25) is 0 Å². The van der Waals surface area contributed by atoms with E-state index in [9.17, 15) is 4.79 Å². The molecule has 0 amide bonds. The first kappa shape index (κ1) is 17.3. The molecule has 0 saturated heterocycles. The van der Waals surface area contributed by atoms with Crippen LogP contribution in [0.4, 0.5) is 0 Å². The number of rotatable bonds is 10. The minimum atomic E-state index is -0.0112. The van der Waals surface area contributed by atoms with Crippen LogP contribution >= 0.6 is 0 Å². The molecule has 2 nitrogen and oxygen atoms in total. The molecule has 0 radical (unpaired) electrons. The molecule has 1 aliphatic carbocycles. The van der Waals surface area contributed by atoms with Crippen molar-refractivity contribution in [3.8, 4) is 0 Å². The monoisotopic (exact) mass is 280 g/mol. The van der Waals surface area contributed by atoms with Gasteiger partial charge in [-0.2, -0.15) is 0 Å². The Morgan fingerprint density at radius 2 is 1.75 bits per heavy atom. The Morgan fingerprint density at radius 3 is 2.40 bits per heavy atom. The third-order valence-electron chi connectivity index (χ3n) is 4.49. The van der Waals surface area contributed by atoms with Crippen molar-refractivity contribution in [1.82, 2.24) is 0 Å². The molecule has 1 aliphatic rings. The van der Waals surface area contributed by atoms with E-state index < -0.39 is 0 Å². The zero-order valence-electron chi connectivity index (χ0n) is 13.2. The highest BCUT2D eigenvalue weighted by molar-refractivity contribution is 5.72. The highest BCUT2D eigenvalue weighted by Crippen LogP contribution is 2.32. The minimum absolute atomic E-state index is 0.0112. The highest BCUT2D eigenvalue weighted by Gasteiger charge is 2.26. The third-order valence-corrected chi connectivity index (χ3v) is 4.49. The maximum atomic E-state index is 11.8. The maximum Gasteiger partial charge on any atom is 0.309 e. The Kier molecular flexibility index (Phi) is 9.44. The Labute approximate surface area is 125 Å². The fourth-order valence-corrected chi connectivity index (χ4v) is 3.16. The summed E-state index contributed by atoms with van der Waals surface area (Å²) >= 11 is 0. The number of carbonyl (C=O) groups is 1. The van der Waals surface area contributed by atoms with Crippen LogP contribution in [0.2, 0.25) is 0 Å². The lowest BCUT2D eigenvalue weighted by Gasteiger charge is -2.27. The summed E-state index contributed by atoms with van der Waals surface area (Å²) in [6, 6.07) is 0. The topological polar surface area (TPSA) is 26.3 Å². The van der Waals surface area contributed by atoms with Crippen LogP contribution in [-0.4, -0.2) is 12.6 Å². The molecule has 0 atom stereocenters. The highest BCUT2D eigenvalue weighted by atomic mass is 16.5. The summed E-state index contributed by atoms with van der Waals surface area (Å²) in [5.74, 6) is 0.989. The first-order chi connectivity index (χ1) is 9.77. The Hall–Kier alpha value is -0.790. The number of carbonyl (C=O) groups excluding carboxylic acids is 1.